The van der Waals surface area contributed by atoms with Crippen molar-refractivity contribution in [2.24, 2.45) is 0 Å². The number of imide groups is 1. The van der Waals surface area contributed by atoms with Crippen molar-refractivity contribution in [3.05, 3.63) is 71.5 Å². The standard InChI is InChI=1S/C17H14FNO2/c18-15-8-6-13(7-9-15)17(21)19-11-14(10-16(19)20)12-4-2-1-3-5-12/h1-9,14H,10-11H2. The average Bonchev–Trinajstić information content (AvgIpc) is 2.90. The molecule has 1 fully saturated rings. The summed E-state index contributed by atoms with van der Waals surface area (Å²) in [6.45, 7) is 0.374. The summed E-state index contributed by atoms with van der Waals surface area (Å²) in [7, 11) is 0. The highest BCUT2D eigenvalue weighted by molar-refractivity contribution is 6.06. The van der Waals surface area contributed by atoms with Crippen molar-refractivity contribution in [2.45, 2.75) is 12.3 Å². The Morgan fingerprint density at radius 3 is 2.38 bits per heavy atom. The number of hydrogen-bond donors (Lipinski definition) is 0. The van der Waals surface area contributed by atoms with Crippen LogP contribution in [0.1, 0.15) is 28.3 Å². The first-order valence-corrected chi connectivity index (χ1v) is 6.80. The summed E-state index contributed by atoms with van der Waals surface area (Å²) in [5, 5.41) is 0. The van der Waals surface area contributed by atoms with Gasteiger partial charge in [-0.15, -0.1) is 0 Å². The highest BCUT2D eigenvalue weighted by Crippen LogP contribution is 2.29. The van der Waals surface area contributed by atoms with E-state index in [1.807, 2.05) is 30.3 Å². The first-order chi connectivity index (χ1) is 10.1. The first-order valence-electron chi connectivity index (χ1n) is 6.80. The number of benzene rings is 2. The Hall–Kier alpha value is -2.49. The van der Waals surface area contributed by atoms with Crippen molar-refractivity contribution in [1.82, 2.24) is 4.90 Å². The van der Waals surface area contributed by atoms with E-state index >= 15 is 0 Å². The Labute approximate surface area is 122 Å². The van der Waals surface area contributed by atoms with E-state index in [4.69, 9.17) is 0 Å². The van der Waals surface area contributed by atoms with E-state index in [1.165, 1.54) is 29.2 Å². The lowest BCUT2D eigenvalue weighted by molar-refractivity contribution is -0.125. The third-order valence-corrected chi connectivity index (χ3v) is 3.73. The average molecular weight is 283 g/mol. The number of hydrogen-bond acceptors (Lipinski definition) is 2. The van der Waals surface area contributed by atoms with Crippen LogP contribution in [0.15, 0.2) is 54.6 Å². The summed E-state index contributed by atoms with van der Waals surface area (Å²) in [4.78, 5) is 25.7. The maximum absolute atomic E-state index is 12.9. The number of rotatable bonds is 2. The van der Waals surface area contributed by atoms with Gasteiger partial charge in [0.2, 0.25) is 5.91 Å². The first kappa shape index (κ1) is 13.5. The molecule has 2 aromatic rings. The summed E-state index contributed by atoms with van der Waals surface area (Å²) in [6.07, 6.45) is 0.330. The molecule has 1 saturated heterocycles. The molecule has 21 heavy (non-hydrogen) atoms. The molecule has 0 aliphatic carbocycles. The van der Waals surface area contributed by atoms with Crippen LogP contribution in [0.5, 0.6) is 0 Å². The minimum atomic E-state index is -0.401. The number of carbonyl (C=O) groups is 2. The monoisotopic (exact) mass is 283 g/mol. The number of amides is 2. The molecule has 0 aromatic heterocycles. The van der Waals surface area contributed by atoms with Gasteiger partial charge in [0.1, 0.15) is 5.82 Å². The number of carbonyl (C=O) groups excluding carboxylic acids is 2. The van der Waals surface area contributed by atoms with Crippen molar-refractivity contribution in [3.63, 3.8) is 0 Å². The van der Waals surface area contributed by atoms with Crippen LogP contribution in [0.25, 0.3) is 0 Å². The van der Waals surface area contributed by atoms with Gasteiger partial charge in [0.15, 0.2) is 0 Å². The fraction of sp³-hybridized carbons (Fsp3) is 0.176. The molecule has 0 bridgehead atoms. The Morgan fingerprint density at radius 2 is 1.71 bits per heavy atom. The molecule has 1 atom stereocenters. The van der Waals surface area contributed by atoms with Crippen molar-refractivity contribution < 1.29 is 14.0 Å². The lowest BCUT2D eigenvalue weighted by Crippen LogP contribution is -2.32. The largest absolute Gasteiger partial charge is 0.278 e. The molecule has 0 spiro atoms. The van der Waals surface area contributed by atoms with E-state index in [-0.39, 0.29) is 17.7 Å². The van der Waals surface area contributed by atoms with Gasteiger partial charge in [-0.05, 0) is 29.8 Å². The van der Waals surface area contributed by atoms with Crippen molar-refractivity contribution >= 4 is 11.8 Å². The summed E-state index contributed by atoms with van der Waals surface area (Å²) < 4.78 is 12.9. The van der Waals surface area contributed by atoms with Gasteiger partial charge < -0.3 is 0 Å². The molecular formula is C17H14FNO2. The van der Waals surface area contributed by atoms with Crippen LogP contribution in [0, 0.1) is 5.82 Å². The maximum atomic E-state index is 12.9. The molecule has 2 aromatic carbocycles. The minimum absolute atomic E-state index is 0.0306. The molecule has 1 aliphatic rings. The third-order valence-electron chi connectivity index (χ3n) is 3.73. The Bertz CT molecular complexity index is 667. The Balaban J connectivity index is 1.79. The second-order valence-electron chi connectivity index (χ2n) is 5.13. The van der Waals surface area contributed by atoms with E-state index < -0.39 is 5.82 Å². The van der Waals surface area contributed by atoms with E-state index in [9.17, 15) is 14.0 Å². The highest BCUT2D eigenvalue weighted by atomic mass is 19.1. The Kier molecular flexibility index (Phi) is 3.52. The van der Waals surface area contributed by atoms with Gasteiger partial charge >= 0.3 is 0 Å². The van der Waals surface area contributed by atoms with Crippen LogP contribution >= 0.6 is 0 Å². The second kappa shape index (κ2) is 5.48. The van der Waals surface area contributed by atoms with Gasteiger partial charge in [0, 0.05) is 24.4 Å². The maximum Gasteiger partial charge on any atom is 0.260 e. The van der Waals surface area contributed by atoms with Gasteiger partial charge in [-0.2, -0.15) is 0 Å². The lowest BCUT2D eigenvalue weighted by atomic mass is 9.98. The minimum Gasteiger partial charge on any atom is -0.278 e. The van der Waals surface area contributed by atoms with Crippen molar-refractivity contribution in [2.75, 3.05) is 6.54 Å². The van der Waals surface area contributed by atoms with Gasteiger partial charge in [-0.3, -0.25) is 14.5 Å². The number of nitrogens with zero attached hydrogens (tertiary/aromatic N) is 1. The smallest absolute Gasteiger partial charge is 0.260 e. The quantitative estimate of drug-likeness (QED) is 0.795. The summed E-state index contributed by atoms with van der Waals surface area (Å²) in [5.74, 6) is -0.916. The van der Waals surface area contributed by atoms with E-state index in [2.05, 4.69) is 0 Å². The van der Waals surface area contributed by atoms with Crippen LogP contribution in [0.4, 0.5) is 4.39 Å². The molecule has 1 heterocycles. The lowest BCUT2D eigenvalue weighted by Gasteiger charge is -2.15. The predicted octanol–water partition coefficient (Wildman–Crippen LogP) is 2.98. The number of halogens is 1. The molecule has 4 heteroatoms. The van der Waals surface area contributed by atoms with Crippen molar-refractivity contribution in [3.8, 4) is 0 Å². The SMILES string of the molecule is O=C1CC(c2ccccc2)CN1C(=O)c1ccc(F)cc1. The van der Waals surface area contributed by atoms with Gasteiger partial charge in [0.25, 0.3) is 5.91 Å². The van der Waals surface area contributed by atoms with E-state index in [0.717, 1.165) is 5.56 Å². The molecule has 1 aliphatic heterocycles. The zero-order valence-electron chi connectivity index (χ0n) is 11.3. The van der Waals surface area contributed by atoms with Gasteiger partial charge in [-0.25, -0.2) is 4.39 Å². The molecule has 3 nitrogen and oxygen atoms in total. The van der Waals surface area contributed by atoms with Crippen LogP contribution < -0.4 is 0 Å². The molecule has 0 radical (unpaired) electrons. The molecule has 0 saturated carbocycles. The topological polar surface area (TPSA) is 37.4 Å². The molecular weight excluding hydrogens is 269 g/mol. The summed E-state index contributed by atoms with van der Waals surface area (Å²) in [6, 6.07) is 14.9. The van der Waals surface area contributed by atoms with Crippen LogP contribution in [0.3, 0.4) is 0 Å². The van der Waals surface area contributed by atoms with E-state index in [1.54, 1.807) is 0 Å². The summed E-state index contributed by atoms with van der Waals surface area (Å²) >= 11 is 0. The van der Waals surface area contributed by atoms with Crippen LogP contribution in [-0.4, -0.2) is 23.3 Å². The molecule has 2 amide bonds. The molecule has 3 rings (SSSR count). The fourth-order valence-corrected chi connectivity index (χ4v) is 2.60. The predicted molar refractivity (Wildman–Crippen MR) is 76.2 cm³/mol. The summed E-state index contributed by atoms with van der Waals surface area (Å²) in [5.41, 5.74) is 1.39. The third kappa shape index (κ3) is 2.70. The number of likely N-dealkylation sites (tertiary alicyclic amines) is 1. The fourth-order valence-electron chi connectivity index (χ4n) is 2.60. The van der Waals surface area contributed by atoms with Gasteiger partial charge in [-0.1, -0.05) is 30.3 Å². The van der Waals surface area contributed by atoms with Crippen molar-refractivity contribution in [1.29, 1.82) is 0 Å². The molecule has 0 N–H and O–H groups in total. The van der Waals surface area contributed by atoms with Crippen LogP contribution in [-0.2, 0) is 4.79 Å². The van der Waals surface area contributed by atoms with Gasteiger partial charge in [0.05, 0.1) is 0 Å². The molecule has 106 valence electrons. The molecule has 1 unspecified atom stereocenters. The van der Waals surface area contributed by atoms with E-state index in [0.29, 0.717) is 18.5 Å². The normalized spacial score (nSPS) is 18.0. The highest BCUT2D eigenvalue weighted by Gasteiger charge is 2.34. The van der Waals surface area contributed by atoms with Crippen LogP contribution in [0.2, 0.25) is 0 Å². The Morgan fingerprint density at radius 1 is 1.05 bits per heavy atom. The second-order valence-corrected chi connectivity index (χ2v) is 5.13. The zero-order chi connectivity index (χ0) is 14.8. The zero-order valence-corrected chi connectivity index (χ0v) is 11.3.